The molecule has 4 aromatic heterocycles. The van der Waals surface area contributed by atoms with Crippen molar-refractivity contribution in [2.24, 2.45) is 5.92 Å². The van der Waals surface area contributed by atoms with Crippen LogP contribution in [0.3, 0.4) is 0 Å². The van der Waals surface area contributed by atoms with Crippen molar-refractivity contribution >= 4 is 28.7 Å². The number of carbonyl (C=O) groups is 2. The molecule has 6 heterocycles. The molecule has 2 amide bonds. The van der Waals surface area contributed by atoms with Crippen LogP contribution in [0, 0.1) is 28.6 Å². The van der Waals surface area contributed by atoms with Gasteiger partial charge in [0.15, 0.2) is 0 Å². The van der Waals surface area contributed by atoms with Crippen LogP contribution in [-0.4, -0.2) is 85.1 Å². The number of pyridine rings is 1. The summed E-state index contributed by atoms with van der Waals surface area (Å²) in [5.41, 5.74) is 7.29. The van der Waals surface area contributed by atoms with Crippen LogP contribution in [0.1, 0.15) is 80.5 Å². The van der Waals surface area contributed by atoms with Gasteiger partial charge in [0.25, 0.3) is 0 Å². The van der Waals surface area contributed by atoms with Crippen LogP contribution in [0.2, 0.25) is 0 Å². The Kier molecular flexibility index (Phi) is 10.2. The number of hydrogen-bond donors (Lipinski definition) is 2. The number of amides is 2. The molecule has 0 radical (unpaired) electrons. The third-order valence-electron chi connectivity index (χ3n) is 11.5. The molecule has 2 aliphatic heterocycles. The van der Waals surface area contributed by atoms with Crippen molar-refractivity contribution in [3.8, 4) is 29.2 Å². The molecule has 280 valence electrons. The predicted octanol–water partition coefficient (Wildman–Crippen LogP) is 5.18. The van der Waals surface area contributed by atoms with E-state index in [0.29, 0.717) is 47.3 Å². The second kappa shape index (κ2) is 15.7. The minimum atomic E-state index is -0.442. The Morgan fingerprint density at radius 3 is 2.51 bits per heavy atom. The van der Waals surface area contributed by atoms with Crippen LogP contribution >= 0.6 is 0 Å². The lowest BCUT2D eigenvalue weighted by Gasteiger charge is -2.37. The number of hydrogen-bond acceptors (Lipinski definition) is 11. The molecule has 1 aliphatic carbocycles. The lowest BCUT2D eigenvalue weighted by atomic mass is 9.79. The van der Waals surface area contributed by atoms with Crippen molar-refractivity contribution in [3.05, 3.63) is 83.9 Å². The lowest BCUT2D eigenvalue weighted by Crippen LogP contribution is -2.47. The van der Waals surface area contributed by atoms with Gasteiger partial charge in [-0.1, -0.05) is 17.3 Å². The van der Waals surface area contributed by atoms with E-state index in [9.17, 15) is 20.1 Å². The summed E-state index contributed by atoms with van der Waals surface area (Å²) in [6.07, 6.45) is 12.0. The zero-order valence-corrected chi connectivity index (χ0v) is 30.9. The summed E-state index contributed by atoms with van der Waals surface area (Å²) in [6, 6.07) is 19.8. The van der Waals surface area contributed by atoms with E-state index in [2.05, 4.69) is 60.1 Å². The Labute approximate surface area is 319 Å². The zero-order valence-electron chi connectivity index (χ0n) is 30.9. The van der Waals surface area contributed by atoms with E-state index in [1.807, 2.05) is 36.5 Å². The number of benzene rings is 1. The topological polar surface area (TPSA) is 173 Å². The van der Waals surface area contributed by atoms with E-state index >= 15 is 0 Å². The molecular formula is C41H44N12O2. The number of carbonyl (C=O) groups excluding carboxylic acids is 2. The molecule has 2 N–H and O–H groups in total. The van der Waals surface area contributed by atoms with Crippen LogP contribution in [0.5, 0.6) is 0 Å². The maximum Gasteiger partial charge on any atom is 0.234 e. The van der Waals surface area contributed by atoms with Crippen molar-refractivity contribution in [3.63, 3.8) is 0 Å². The van der Waals surface area contributed by atoms with Gasteiger partial charge in [-0.2, -0.15) is 15.6 Å². The van der Waals surface area contributed by atoms with E-state index in [4.69, 9.17) is 4.98 Å². The summed E-state index contributed by atoms with van der Waals surface area (Å²) < 4.78 is 3.50. The van der Waals surface area contributed by atoms with Gasteiger partial charge < -0.3 is 10.2 Å². The minimum Gasteiger partial charge on any atom is -0.369 e. The van der Waals surface area contributed by atoms with Gasteiger partial charge in [-0.3, -0.25) is 24.8 Å². The number of nitrogens with one attached hydrogen (secondary N) is 2. The third-order valence-corrected chi connectivity index (χ3v) is 11.5. The van der Waals surface area contributed by atoms with Gasteiger partial charge >= 0.3 is 0 Å². The number of nitrogens with zero attached hydrogens (tertiary/aromatic N) is 10. The highest BCUT2D eigenvalue weighted by Gasteiger charge is 2.29. The molecule has 55 heavy (non-hydrogen) atoms. The average molecular weight is 737 g/mol. The van der Waals surface area contributed by atoms with E-state index in [1.54, 1.807) is 28.4 Å². The number of aromatic nitrogens is 6. The first-order valence-corrected chi connectivity index (χ1v) is 19.2. The van der Waals surface area contributed by atoms with Gasteiger partial charge in [-0.25, -0.2) is 9.20 Å². The van der Waals surface area contributed by atoms with Crippen molar-refractivity contribution in [1.29, 1.82) is 10.5 Å². The van der Waals surface area contributed by atoms with E-state index in [-0.39, 0.29) is 17.7 Å². The van der Waals surface area contributed by atoms with Crippen LogP contribution < -0.4 is 15.5 Å². The Morgan fingerprint density at radius 1 is 0.964 bits per heavy atom. The SMILES string of the molecule is C[C@H](C#N)Nc1cc(-c2ccc3cc(C#N)cnn23)ncc1-n1cc(C2CCC(CCN3CCN(c4ccc(C5CCC(=O)NC5=O)cc4)CC3)CC2)nn1. The van der Waals surface area contributed by atoms with Gasteiger partial charge in [0, 0.05) is 44.2 Å². The molecule has 1 aromatic carbocycles. The molecule has 1 unspecified atom stereocenters. The fourth-order valence-corrected chi connectivity index (χ4v) is 8.26. The molecule has 5 aromatic rings. The Balaban J connectivity index is 0.836. The summed E-state index contributed by atoms with van der Waals surface area (Å²) in [5.74, 6) is 0.439. The molecule has 3 fully saturated rings. The average Bonchev–Trinajstić information content (AvgIpc) is 3.88. The van der Waals surface area contributed by atoms with E-state index in [0.717, 1.165) is 68.0 Å². The van der Waals surface area contributed by atoms with Crippen LogP contribution in [0.4, 0.5) is 11.4 Å². The van der Waals surface area contributed by atoms with Crippen LogP contribution in [0.25, 0.3) is 22.6 Å². The molecular weight excluding hydrogens is 693 g/mol. The molecule has 0 spiro atoms. The molecule has 0 bridgehead atoms. The number of imide groups is 1. The molecule has 1 saturated carbocycles. The fraction of sp³-hybridized carbons (Fsp3) is 0.415. The minimum absolute atomic E-state index is 0.182. The highest BCUT2D eigenvalue weighted by atomic mass is 16.2. The maximum atomic E-state index is 12.3. The quantitative estimate of drug-likeness (QED) is 0.181. The van der Waals surface area contributed by atoms with Gasteiger partial charge in [0.05, 0.1) is 64.4 Å². The van der Waals surface area contributed by atoms with Crippen molar-refractivity contribution < 1.29 is 9.59 Å². The molecule has 2 atom stereocenters. The van der Waals surface area contributed by atoms with Crippen LogP contribution in [-0.2, 0) is 9.59 Å². The summed E-state index contributed by atoms with van der Waals surface area (Å²) >= 11 is 0. The fourth-order valence-electron chi connectivity index (χ4n) is 8.26. The van der Waals surface area contributed by atoms with Crippen molar-refractivity contribution in [2.45, 2.75) is 69.7 Å². The molecule has 14 heteroatoms. The van der Waals surface area contributed by atoms with Crippen LogP contribution in [0.15, 0.2) is 67.1 Å². The Bertz CT molecular complexity index is 2270. The summed E-state index contributed by atoms with van der Waals surface area (Å²) in [6.45, 7) is 6.96. The largest absolute Gasteiger partial charge is 0.369 e. The summed E-state index contributed by atoms with van der Waals surface area (Å²) in [7, 11) is 0. The van der Waals surface area contributed by atoms with Gasteiger partial charge in [0.2, 0.25) is 11.8 Å². The Hall–Kier alpha value is -6.12. The van der Waals surface area contributed by atoms with Crippen molar-refractivity contribution in [1.82, 2.24) is 39.8 Å². The Morgan fingerprint density at radius 2 is 1.76 bits per heavy atom. The van der Waals surface area contributed by atoms with Gasteiger partial charge in [-0.15, -0.1) is 5.10 Å². The number of nitriles is 2. The second-order valence-corrected chi connectivity index (χ2v) is 15.0. The first kappa shape index (κ1) is 35.9. The molecule has 3 aliphatic rings. The smallest absolute Gasteiger partial charge is 0.234 e. The highest BCUT2D eigenvalue weighted by molar-refractivity contribution is 6.01. The lowest BCUT2D eigenvalue weighted by molar-refractivity contribution is -0.134. The first-order chi connectivity index (χ1) is 26.8. The van der Waals surface area contributed by atoms with E-state index in [1.165, 1.54) is 31.1 Å². The monoisotopic (exact) mass is 736 g/mol. The number of fused-ring (bicyclic) bond motifs is 1. The molecule has 14 nitrogen and oxygen atoms in total. The highest BCUT2D eigenvalue weighted by Crippen LogP contribution is 2.37. The zero-order chi connectivity index (χ0) is 37.9. The van der Waals surface area contributed by atoms with Gasteiger partial charge in [-0.05, 0) is 99.9 Å². The predicted molar refractivity (Wildman–Crippen MR) is 206 cm³/mol. The molecule has 2 saturated heterocycles. The van der Waals surface area contributed by atoms with Gasteiger partial charge in [0.1, 0.15) is 17.8 Å². The first-order valence-electron chi connectivity index (χ1n) is 19.2. The summed E-state index contributed by atoms with van der Waals surface area (Å²) in [4.78, 5) is 33.6. The standard InChI is InChI=1S/C41H44N12O2/c1-27(22-42)46-36-21-35(38-12-10-33-20-29(23-43)24-45-53(33)38)44-25-39(36)52-26-37(48-49-52)31-4-2-28(3-5-31)14-15-50-16-18-51(19-17-50)32-8-6-30(7-9-32)34-11-13-40(54)47-41(34)55/h6-10,12,20-21,24-28,31,34H,2-5,11,13-19H2,1H3,(H,44,46)(H,47,54,55)/t27-,28?,31?,34?/m1/s1. The summed E-state index contributed by atoms with van der Waals surface area (Å²) in [5, 5.41) is 38.2. The van der Waals surface area contributed by atoms with E-state index < -0.39 is 6.04 Å². The number of piperazine rings is 1. The number of piperidine rings is 1. The number of rotatable bonds is 10. The van der Waals surface area contributed by atoms with Crippen molar-refractivity contribution in [2.75, 3.05) is 42.9 Å². The third kappa shape index (κ3) is 7.77. The normalized spacial score (nSPS) is 21.1. The second-order valence-electron chi connectivity index (χ2n) is 15.0. The molecule has 8 rings (SSSR count). The number of anilines is 2. The maximum absolute atomic E-state index is 12.3.